The van der Waals surface area contributed by atoms with Crippen molar-refractivity contribution in [2.45, 2.75) is 12.8 Å². The van der Waals surface area contributed by atoms with Crippen molar-refractivity contribution < 1.29 is 14.7 Å². The van der Waals surface area contributed by atoms with E-state index < -0.39 is 11.9 Å². The van der Waals surface area contributed by atoms with Crippen LogP contribution in [0.1, 0.15) is 18.4 Å². The molecule has 1 aromatic carbocycles. The molecule has 0 bridgehead atoms. The van der Waals surface area contributed by atoms with Gasteiger partial charge in [-0.05, 0) is 24.0 Å². The van der Waals surface area contributed by atoms with Gasteiger partial charge in [-0.2, -0.15) is 0 Å². The second-order valence-corrected chi connectivity index (χ2v) is 5.25. The zero-order chi connectivity index (χ0) is 15.2. The van der Waals surface area contributed by atoms with Gasteiger partial charge in [0.25, 0.3) is 0 Å². The number of urea groups is 1. The van der Waals surface area contributed by atoms with Crippen LogP contribution >= 0.6 is 0 Å². The molecule has 1 aliphatic heterocycles. The molecule has 1 unspecified atom stereocenters. The molecule has 0 saturated carbocycles. The van der Waals surface area contributed by atoms with Gasteiger partial charge in [0.2, 0.25) is 0 Å². The lowest BCUT2D eigenvalue weighted by molar-refractivity contribution is -0.143. The molecule has 1 fully saturated rings. The zero-order valence-corrected chi connectivity index (χ0v) is 11.9. The van der Waals surface area contributed by atoms with Gasteiger partial charge >= 0.3 is 12.0 Å². The monoisotopic (exact) mass is 288 g/mol. The van der Waals surface area contributed by atoms with Gasteiger partial charge in [-0.15, -0.1) is 0 Å². The van der Waals surface area contributed by atoms with Crippen LogP contribution in [0.25, 0.3) is 5.57 Å². The minimum Gasteiger partial charge on any atom is -0.481 e. The van der Waals surface area contributed by atoms with Crippen molar-refractivity contribution in [3.8, 4) is 0 Å². The second-order valence-electron chi connectivity index (χ2n) is 5.25. The number of rotatable bonds is 4. The van der Waals surface area contributed by atoms with E-state index >= 15 is 0 Å². The fourth-order valence-corrected chi connectivity index (χ4v) is 2.43. The first-order chi connectivity index (χ1) is 10.1. The molecular weight excluding hydrogens is 268 g/mol. The van der Waals surface area contributed by atoms with E-state index in [4.69, 9.17) is 5.11 Å². The maximum absolute atomic E-state index is 12.1. The number of aliphatic carboxylic acids is 1. The largest absolute Gasteiger partial charge is 0.481 e. The van der Waals surface area contributed by atoms with E-state index in [1.165, 1.54) is 0 Å². The van der Waals surface area contributed by atoms with Crippen LogP contribution in [0.3, 0.4) is 0 Å². The average molecular weight is 288 g/mol. The summed E-state index contributed by atoms with van der Waals surface area (Å²) in [6.45, 7) is 5.20. The summed E-state index contributed by atoms with van der Waals surface area (Å²) in [6, 6.07) is 9.42. The third kappa shape index (κ3) is 4.08. The van der Waals surface area contributed by atoms with Crippen molar-refractivity contribution in [3.63, 3.8) is 0 Å². The smallest absolute Gasteiger partial charge is 0.317 e. The fourth-order valence-electron chi connectivity index (χ4n) is 2.43. The number of hydrogen-bond donors (Lipinski definition) is 2. The molecular formula is C16H20N2O3. The Bertz CT molecular complexity index is 528. The quantitative estimate of drug-likeness (QED) is 0.892. The van der Waals surface area contributed by atoms with Crippen molar-refractivity contribution in [1.82, 2.24) is 10.2 Å². The molecule has 1 aromatic rings. The highest BCUT2D eigenvalue weighted by atomic mass is 16.4. The lowest BCUT2D eigenvalue weighted by Gasteiger charge is -2.30. The Labute approximate surface area is 124 Å². The van der Waals surface area contributed by atoms with E-state index in [0.29, 0.717) is 19.5 Å². The lowest BCUT2D eigenvalue weighted by Crippen LogP contribution is -2.47. The maximum atomic E-state index is 12.1. The molecule has 2 N–H and O–H groups in total. The predicted molar refractivity (Wildman–Crippen MR) is 80.8 cm³/mol. The van der Waals surface area contributed by atoms with Gasteiger partial charge in [0, 0.05) is 19.6 Å². The summed E-state index contributed by atoms with van der Waals surface area (Å²) in [5.41, 5.74) is 1.82. The Morgan fingerprint density at radius 1 is 1.33 bits per heavy atom. The van der Waals surface area contributed by atoms with E-state index in [-0.39, 0.29) is 12.6 Å². The summed E-state index contributed by atoms with van der Waals surface area (Å²) in [7, 11) is 0. The summed E-state index contributed by atoms with van der Waals surface area (Å²) in [5, 5.41) is 11.8. The highest BCUT2D eigenvalue weighted by Crippen LogP contribution is 2.17. The van der Waals surface area contributed by atoms with Crippen LogP contribution in [0.4, 0.5) is 4.79 Å². The number of amides is 2. The zero-order valence-electron chi connectivity index (χ0n) is 11.9. The molecule has 5 nitrogen and oxygen atoms in total. The van der Waals surface area contributed by atoms with Gasteiger partial charge in [-0.3, -0.25) is 4.79 Å². The molecule has 0 aromatic heterocycles. The van der Waals surface area contributed by atoms with Crippen molar-refractivity contribution in [3.05, 3.63) is 42.5 Å². The molecule has 1 heterocycles. The predicted octanol–water partition coefficient (Wildman–Crippen LogP) is 2.21. The number of nitrogens with zero attached hydrogens (tertiary/aromatic N) is 1. The van der Waals surface area contributed by atoms with Gasteiger partial charge in [0.1, 0.15) is 0 Å². The summed E-state index contributed by atoms with van der Waals surface area (Å²) in [4.78, 5) is 24.7. The van der Waals surface area contributed by atoms with E-state index in [9.17, 15) is 9.59 Å². The molecule has 1 atom stereocenters. The third-order valence-electron chi connectivity index (χ3n) is 3.69. The van der Waals surface area contributed by atoms with Gasteiger partial charge in [0.15, 0.2) is 0 Å². The highest BCUT2D eigenvalue weighted by Gasteiger charge is 2.27. The maximum Gasteiger partial charge on any atom is 0.317 e. The van der Waals surface area contributed by atoms with Gasteiger partial charge in [0.05, 0.1) is 5.92 Å². The number of carboxylic acids is 1. The summed E-state index contributed by atoms with van der Waals surface area (Å²) in [6.07, 6.45) is 1.36. The minimum atomic E-state index is -0.832. The lowest BCUT2D eigenvalue weighted by atomic mass is 9.99. The number of likely N-dealkylation sites (tertiary alicyclic amines) is 1. The first kappa shape index (κ1) is 15.1. The molecule has 1 saturated heterocycles. The molecule has 0 radical (unpaired) electrons. The Balaban J connectivity index is 1.84. The molecule has 112 valence electrons. The number of carbonyl (C=O) groups is 2. The topological polar surface area (TPSA) is 69.6 Å². The van der Waals surface area contributed by atoms with Crippen LogP contribution in [-0.2, 0) is 4.79 Å². The number of carbonyl (C=O) groups excluding carboxylic acids is 1. The van der Waals surface area contributed by atoms with Crippen LogP contribution in [0.2, 0.25) is 0 Å². The van der Waals surface area contributed by atoms with Gasteiger partial charge < -0.3 is 15.3 Å². The van der Waals surface area contributed by atoms with Crippen LogP contribution in [0.5, 0.6) is 0 Å². The van der Waals surface area contributed by atoms with Crippen LogP contribution in [0, 0.1) is 5.92 Å². The average Bonchev–Trinajstić information content (AvgIpc) is 2.53. The van der Waals surface area contributed by atoms with E-state index in [0.717, 1.165) is 17.6 Å². The van der Waals surface area contributed by atoms with Gasteiger partial charge in [-0.1, -0.05) is 36.9 Å². The number of hydrogen-bond acceptors (Lipinski definition) is 2. The van der Waals surface area contributed by atoms with E-state index in [1.807, 2.05) is 30.3 Å². The van der Waals surface area contributed by atoms with E-state index in [2.05, 4.69) is 11.9 Å². The summed E-state index contributed by atoms with van der Waals surface area (Å²) < 4.78 is 0. The molecule has 2 amide bonds. The Morgan fingerprint density at radius 2 is 2.05 bits per heavy atom. The molecule has 2 rings (SSSR count). The van der Waals surface area contributed by atoms with Crippen molar-refractivity contribution in [1.29, 1.82) is 0 Å². The van der Waals surface area contributed by atoms with Gasteiger partial charge in [-0.25, -0.2) is 4.79 Å². The third-order valence-corrected chi connectivity index (χ3v) is 3.69. The van der Waals surface area contributed by atoms with Crippen LogP contribution in [0.15, 0.2) is 36.9 Å². The number of benzene rings is 1. The second kappa shape index (κ2) is 6.92. The number of nitrogens with one attached hydrogen (secondary N) is 1. The van der Waals surface area contributed by atoms with Crippen molar-refractivity contribution >= 4 is 17.6 Å². The van der Waals surface area contributed by atoms with Crippen LogP contribution in [-0.4, -0.2) is 41.6 Å². The first-order valence-electron chi connectivity index (χ1n) is 7.06. The fraction of sp³-hybridized carbons (Fsp3) is 0.375. The highest BCUT2D eigenvalue weighted by molar-refractivity contribution is 5.78. The minimum absolute atomic E-state index is 0.224. The Kier molecular flexibility index (Phi) is 4.98. The first-order valence-corrected chi connectivity index (χ1v) is 7.06. The standard InChI is InChI=1S/C16H20N2O3/c1-12(13-6-3-2-4-7-13)10-17-16(21)18-9-5-8-14(11-18)15(19)20/h2-4,6-7,14H,1,5,8-11H2,(H,17,21)(H,19,20). The summed E-state index contributed by atoms with van der Waals surface area (Å²) >= 11 is 0. The molecule has 1 aliphatic rings. The van der Waals surface area contributed by atoms with Crippen molar-refractivity contribution in [2.24, 2.45) is 5.92 Å². The van der Waals surface area contributed by atoms with Crippen LogP contribution < -0.4 is 5.32 Å². The summed E-state index contributed by atoms with van der Waals surface area (Å²) in [5.74, 6) is -1.29. The van der Waals surface area contributed by atoms with E-state index in [1.54, 1.807) is 4.90 Å². The SMILES string of the molecule is C=C(CNC(=O)N1CCCC(C(=O)O)C1)c1ccccc1. The van der Waals surface area contributed by atoms with Crippen molar-refractivity contribution in [2.75, 3.05) is 19.6 Å². The number of piperidine rings is 1. The molecule has 0 spiro atoms. The normalized spacial score (nSPS) is 18.1. The molecule has 5 heteroatoms. The molecule has 0 aliphatic carbocycles. The Morgan fingerprint density at radius 3 is 2.71 bits per heavy atom. The number of carboxylic acid groups (broad SMARTS) is 1. The molecule has 21 heavy (non-hydrogen) atoms. The Hall–Kier alpha value is -2.30.